The van der Waals surface area contributed by atoms with Crippen LogP contribution in [0.3, 0.4) is 0 Å². The summed E-state index contributed by atoms with van der Waals surface area (Å²) < 4.78 is 39.2. The highest BCUT2D eigenvalue weighted by atomic mass is 19.4. The van der Waals surface area contributed by atoms with Gasteiger partial charge >= 0.3 is 6.18 Å². The van der Waals surface area contributed by atoms with Gasteiger partial charge in [0.2, 0.25) is 5.91 Å². The second-order valence-electron chi connectivity index (χ2n) is 5.19. The Hall–Kier alpha value is -2.90. The molecule has 0 saturated heterocycles. The van der Waals surface area contributed by atoms with Gasteiger partial charge in [0.15, 0.2) is 11.5 Å². The number of amides is 1. The zero-order valence-electron chi connectivity index (χ0n) is 12.4. The van der Waals surface area contributed by atoms with Crippen molar-refractivity contribution in [3.05, 3.63) is 65.6 Å². The van der Waals surface area contributed by atoms with E-state index < -0.39 is 11.7 Å². The number of hydrogen-bond donors (Lipinski definition) is 1. The molecule has 2 heterocycles. The van der Waals surface area contributed by atoms with Gasteiger partial charge in [-0.25, -0.2) is 0 Å². The molecule has 0 spiro atoms. The SMILES string of the molecule is O=C(Cc1ccc(C(F)(F)F)cc1)NCc1nnc2ccccn12. The minimum Gasteiger partial charge on any atom is -0.348 e. The summed E-state index contributed by atoms with van der Waals surface area (Å²) in [6, 6.07) is 9.98. The van der Waals surface area contributed by atoms with E-state index in [-0.39, 0.29) is 18.9 Å². The first kappa shape index (κ1) is 16.0. The Bertz CT molecular complexity index is 856. The number of rotatable bonds is 4. The van der Waals surface area contributed by atoms with Crippen LogP contribution < -0.4 is 5.32 Å². The Balaban J connectivity index is 1.60. The Labute approximate surface area is 135 Å². The van der Waals surface area contributed by atoms with Gasteiger partial charge in [-0.15, -0.1) is 10.2 Å². The first-order valence-corrected chi connectivity index (χ1v) is 7.15. The van der Waals surface area contributed by atoms with Crippen LogP contribution >= 0.6 is 0 Å². The van der Waals surface area contributed by atoms with Crippen LogP contribution in [0.5, 0.6) is 0 Å². The van der Waals surface area contributed by atoms with Crippen molar-refractivity contribution >= 4 is 11.6 Å². The van der Waals surface area contributed by atoms with Gasteiger partial charge in [-0.3, -0.25) is 9.20 Å². The van der Waals surface area contributed by atoms with E-state index in [4.69, 9.17) is 0 Å². The smallest absolute Gasteiger partial charge is 0.348 e. The molecule has 1 aromatic carbocycles. The molecule has 24 heavy (non-hydrogen) atoms. The topological polar surface area (TPSA) is 59.3 Å². The Morgan fingerprint density at radius 2 is 1.83 bits per heavy atom. The molecule has 1 N–H and O–H groups in total. The minimum absolute atomic E-state index is 0.00509. The maximum atomic E-state index is 12.5. The van der Waals surface area contributed by atoms with Gasteiger partial charge in [-0.2, -0.15) is 13.2 Å². The summed E-state index contributed by atoms with van der Waals surface area (Å²) >= 11 is 0. The van der Waals surface area contributed by atoms with Crippen molar-refractivity contribution in [3.63, 3.8) is 0 Å². The predicted molar refractivity (Wildman–Crippen MR) is 80.0 cm³/mol. The van der Waals surface area contributed by atoms with E-state index in [1.54, 1.807) is 16.7 Å². The lowest BCUT2D eigenvalue weighted by Crippen LogP contribution is -2.25. The van der Waals surface area contributed by atoms with E-state index in [0.717, 1.165) is 12.1 Å². The fraction of sp³-hybridized carbons (Fsp3) is 0.188. The van der Waals surface area contributed by atoms with E-state index in [9.17, 15) is 18.0 Å². The van der Waals surface area contributed by atoms with E-state index in [2.05, 4.69) is 15.5 Å². The lowest BCUT2D eigenvalue weighted by molar-refractivity contribution is -0.137. The predicted octanol–water partition coefficient (Wildman–Crippen LogP) is 2.61. The van der Waals surface area contributed by atoms with Crippen molar-refractivity contribution in [3.8, 4) is 0 Å². The summed E-state index contributed by atoms with van der Waals surface area (Å²) in [5.41, 5.74) is 0.442. The molecule has 5 nitrogen and oxygen atoms in total. The van der Waals surface area contributed by atoms with Gasteiger partial charge in [0.05, 0.1) is 18.5 Å². The molecule has 0 aliphatic heterocycles. The third-order valence-corrected chi connectivity index (χ3v) is 3.47. The monoisotopic (exact) mass is 334 g/mol. The Kier molecular flexibility index (Phi) is 4.20. The molecular formula is C16H13F3N4O. The molecule has 0 aliphatic carbocycles. The number of carbonyl (C=O) groups excluding carboxylic acids is 1. The number of hydrogen-bond acceptors (Lipinski definition) is 3. The fourth-order valence-electron chi connectivity index (χ4n) is 2.25. The van der Waals surface area contributed by atoms with Crippen molar-refractivity contribution in [2.24, 2.45) is 0 Å². The molecule has 2 aromatic heterocycles. The molecule has 0 unspecified atom stereocenters. The quantitative estimate of drug-likeness (QED) is 0.798. The van der Waals surface area contributed by atoms with E-state index >= 15 is 0 Å². The van der Waals surface area contributed by atoms with Crippen LogP contribution in [0.4, 0.5) is 13.2 Å². The highest BCUT2D eigenvalue weighted by Gasteiger charge is 2.29. The standard InChI is InChI=1S/C16H13F3N4O/c17-16(18,19)12-6-4-11(5-7-12)9-15(24)20-10-14-22-21-13-3-1-2-8-23(13)14/h1-8H,9-10H2,(H,20,24). The molecule has 0 atom stereocenters. The van der Waals surface area contributed by atoms with Gasteiger partial charge < -0.3 is 5.32 Å². The molecule has 124 valence electrons. The van der Waals surface area contributed by atoms with Gasteiger partial charge in [0, 0.05) is 6.20 Å². The highest BCUT2D eigenvalue weighted by molar-refractivity contribution is 5.78. The van der Waals surface area contributed by atoms with Crippen LogP contribution in [0, 0.1) is 0 Å². The summed E-state index contributed by atoms with van der Waals surface area (Å²) in [6.07, 6.45) is -2.60. The largest absolute Gasteiger partial charge is 0.416 e. The molecule has 3 rings (SSSR count). The number of fused-ring (bicyclic) bond motifs is 1. The molecule has 0 saturated carbocycles. The van der Waals surface area contributed by atoms with Crippen molar-refractivity contribution in [2.45, 2.75) is 19.1 Å². The lowest BCUT2D eigenvalue weighted by atomic mass is 10.1. The number of halogens is 3. The van der Waals surface area contributed by atoms with E-state index in [1.165, 1.54) is 12.1 Å². The van der Waals surface area contributed by atoms with Crippen LogP contribution in [-0.4, -0.2) is 20.5 Å². The van der Waals surface area contributed by atoms with Crippen molar-refractivity contribution in [1.29, 1.82) is 0 Å². The highest BCUT2D eigenvalue weighted by Crippen LogP contribution is 2.29. The van der Waals surface area contributed by atoms with Crippen LogP contribution in [0.25, 0.3) is 5.65 Å². The summed E-state index contributed by atoms with van der Waals surface area (Å²) in [6.45, 7) is 0.185. The first-order chi connectivity index (χ1) is 11.4. The number of pyridine rings is 1. The maximum Gasteiger partial charge on any atom is 0.416 e. The minimum atomic E-state index is -4.38. The summed E-state index contributed by atoms with van der Waals surface area (Å²) in [7, 11) is 0. The summed E-state index contributed by atoms with van der Waals surface area (Å²) in [5.74, 6) is 0.272. The van der Waals surface area contributed by atoms with E-state index in [1.807, 2.05) is 12.1 Å². The average Bonchev–Trinajstić information content (AvgIpc) is 2.96. The average molecular weight is 334 g/mol. The molecule has 0 bridgehead atoms. The number of aromatic nitrogens is 3. The zero-order valence-corrected chi connectivity index (χ0v) is 12.4. The number of benzene rings is 1. The second-order valence-corrected chi connectivity index (χ2v) is 5.19. The van der Waals surface area contributed by atoms with Gasteiger partial charge in [-0.1, -0.05) is 18.2 Å². The molecule has 0 aliphatic rings. The molecular weight excluding hydrogens is 321 g/mol. The normalized spacial score (nSPS) is 11.6. The summed E-state index contributed by atoms with van der Waals surface area (Å²) in [5, 5.41) is 10.6. The molecule has 8 heteroatoms. The fourth-order valence-corrected chi connectivity index (χ4v) is 2.25. The summed E-state index contributed by atoms with van der Waals surface area (Å²) in [4.78, 5) is 11.9. The Morgan fingerprint density at radius 1 is 1.08 bits per heavy atom. The number of carbonyl (C=O) groups is 1. The van der Waals surface area contributed by atoms with Gasteiger partial charge in [-0.05, 0) is 29.8 Å². The molecule has 0 radical (unpaired) electrons. The van der Waals surface area contributed by atoms with Gasteiger partial charge in [0.1, 0.15) is 0 Å². The third-order valence-electron chi connectivity index (χ3n) is 3.47. The van der Waals surface area contributed by atoms with Crippen LogP contribution in [0.2, 0.25) is 0 Å². The lowest BCUT2D eigenvalue weighted by Gasteiger charge is -2.08. The van der Waals surface area contributed by atoms with Gasteiger partial charge in [0.25, 0.3) is 0 Å². The third kappa shape index (κ3) is 3.53. The molecule has 0 fully saturated rings. The van der Waals surface area contributed by atoms with Crippen molar-refractivity contribution in [1.82, 2.24) is 19.9 Å². The first-order valence-electron chi connectivity index (χ1n) is 7.15. The van der Waals surface area contributed by atoms with Crippen LogP contribution in [0.1, 0.15) is 17.0 Å². The van der Waals surface area contributed by atoms with Crippen LogP contribution in [-0.2, 0) is 23.9 Å². The number of alkyl halides is 3. The zero-order chi connectivity index (χ0) is 17.2. The Morgan fingerprint density at radius 3 is 2.54 bits per heavy atom. The van der Waals surface area contributed by atoms with Crippen LogP contribution in [0.15, 0.2) is 48.7 Å². The number of nitrogens with one attached hydrogen (secondary N) is 1. The molecule has 1 amide bonds. The van der Waals surface area contributed by atoms with E-state index in [0.29, 0.717) is 17.0 Å². The van der Waals surface area contributed by atoms with Crippen molar-refractivity contribution < 1.29 is 18.0 Å². The molecule has 3 aromatic rings. The number of nitrogens with zero attached hydrogens (tertiary/aromatic N) is 3. The second kappa shape index (κ2) is 6.31. The van der Waals surface area contributed by atoms with Crippen molar-refractivity contribution in [2.75, 3.05) is 0 Å². The maximum absolute atomic E-state index is 12.5.